The third kappa shape index (κ3) is 5.44. The molecule has 0 radical (unpaired) electrons. The van der Waals surface area contributed by atoms with Crippen molar-refractivity contribution < 1.29 is 9.18 Å². The molecule has 1 saturated carbocycles. The Labute approximate surface area is 169 Å². The van der Waals surface area contributed by atoms with Gasteiger partial charge in [0.25, 0.3) is 0 Å². The zero-order chi connectivity index (χ0) is 19.8. The van der Waals surface area contributed by atoms with Crippen LogP contribution in [-0.2, 0) is 11.3 Å². The Kier molecular flexibility index (Phi) is 7.65. The van der Waals surface area contributed by atoms with E-state index in [1.807, 2.05) is 0 Å². The minimum absolute atomic E-state index is 0.0103. The minimum Gasteiger partial charge on any atom is -0.353 e. The molecule has 0 aliphatic heterocycles. The Morgan fingerprint density at radius 1 is 1.21 bits per heavy atom. The van der Waals surface area contributed by atoms with E-state index >= 15 is 0 Å². The van der Waals surface area contributed by atoms with Crippen molar-refractivity contribution in [1.82, 2.24) is 20.1 Å². The number of carbonyl (C=O) groups is 1. The molecule has 0 atom stereocenters. The number of carbonyl (C=O) groups excluding carboxylic acids is 1. The van der Waals surface area contributed by atoms with E-state index in [-0.39, 0.29) is 23.5 Å². The number of hydrogen-bond donors (Lipinski definition) is 1. The van der Waals surface area contributed by atoms with E-state index in [0.717, 1.165) is 12.8 Å². The highest BCUT2D eigenvalue weighted by atomic mass is 32.2. The van der Waals surface area contributed by atoms with Gasteiger partial charge in [-0.05, 0) is 25.0 Å². The maximum Gasteiger partial charge on any atom is 0.230 e. The van der Waals surface area contributed by atoms with Gasteiger partial charge < -0.3 is 5.32 Å². The predicted molar refractivity (Wildman–Crippen MR) is 111 cm³/mol. The van der Waals surface area contributed by atoms with E-state index in [4.69, 9.17) is 0 Å². The van der Waals surface area contributed by atoms with Crippen LogP contribution in [0.3, 0.4) is 0 Å². The van der Waals surface area contributed by atoms with Gasteiger partial charge in [-0.1, -0.05) is 62.1 Å². The summed E-state index contributed by atoms with van der Waals surface area (Å²) in [6.45, 7) is 4.21. The summed E-state index contributed by atoms with van der Waals surface area (Å²) in [5.41, 5.74) is 0.391. The summed E-state index contributed by atoms with van der Waals surface area (Å²) in [5.74, 6) is 0.374. The molecular weight excluding hydrogens is 375 g/mol. The second kappa shape index (κ2) is 10.4. The maximum absolute atomic E-state index is 14.2. The number of nitrogens with zero attached hydrogens (tertiary/aromatic N) is 3. The smallest absolute Gasteiger partial charge is 0.230 e. The van der Waals surface area contributed by atoms with E-state index < -0.39 is 0 Å². The molecule has 5 nitrogen and oxygen atoms in total. The number of benzene rings is 1. The van der Waals surface area contributed by atoms with Gasteiger partial charge in [-0.25, -0.2) is 4.39 Å². The first-order valence-corrected chi connectivity index (χ1v) is 10.9. The van der Waals surface area contributed by atoms with Crippen LogP contribution in [-0.4, -0.2) is 32.5 Å². The van der Waals surface area contributed by atoms with Crippen molar-refractivity contribution in [2.45, 2.75) is 62.7 Å². The number of allylic oxidation sites excluding steroid dienone is 1. The average molecular weight is 403 g/mol. The quantitative estimate of drug-likeness (QED) is 0.543. The number of nitrogens with one attached hydrogen (secondary N) is 1. The summed E-state index contributed by atoms with van der Waals surface area (Å²) in [7, 11) is 0. The lowest BCUT2D eigenvalue weighted by Crippen LogP contribution is -2.36. The van der Waals surface area contributed by atoms with Crippen molar-refractivity contribution in [2.24, 2.45) is 0 Å². The number of amides is 1. The van der Waals surface area contributed by atoms with Crippen molar-refractivity contribution >= 4 is 17.7 Å². The van der Waals surface area contributed by atoms with Crippen LogP contribution in [0.25, 0.3) is 11.4 Å². The molecule has 0 spiro atoms. The first kappa shape index (κ1) is 20.6. The summed E-state index contributed by atoms with van der Waals surface area (Å²) >= 11 is 1.32. The summed E-state index contributed by atoms with van der Waals surface area (Å²) < 4.78 is 16.0. The highest BCUT2D eigenvalue weighted by Gasteiger charge is 2.18. The molecular formula is C21H27FN4OS. The molecule has 0 bridgehead atoms. The topological polar surface area (TPSA) is 59.8 Å². The Morgan fingerprint density at radius 3 is 2.64 bits per heavy atom. The number of rotatable bonds is 7. The minimum atomic E-state index is -0.348. The molecule has 1 amide bonds. The molecule has 150 valence electrons. The molecule has 0 saturated heterocycles. The first-order valence-electron chi connectivity index (χ1n) is 9.90. The second-order valence-corrected chi connectivity index (χ2v) is 8.03. The molecule has 0 unspecified atom stereocenters. The summed E-state index contributed by atoms with van der Waals surface area (Å²) in [4.78, 5) is 12.4. The number of hydrogen-bond acceptors (Lipinski definition) is 4. The lowest BCUT2D eigenvalue weighted by atomic mass is 9.97. The fourth-order valence-electron chi connectivity index (χ4n) is 3.53. The van der Waals surface area contributed by atoms with Gasteiger partial charge in [0.1, 0.15) is 5.82 Å². The highest BCUT2D eigenvalue weighted by Crippen LogP contribution is 2.26. The fraction of sp³-hybridized carbons (Fsp3) is 0.476. The molecule has 7 heteroatoms. The third-order valence-electron chi connectivity index (χ3n) is 4.95. The zero-order valence-corrected chi connectivity index (χ0v) is 16.9. The van der Waals surface area contributed by atoms with Gasteiger partial charge in [-0.3, -0.25) is 9.36 Å². The van der Waals surface area contributed by atoms with Crippen molar-refractivity contribution in [1.29, 1.82) is 0 Å². The Morgan fingerprint density at radius 2 is 1.93 bits per heavy atom. The SMILES string of the molecule is C=CCn1c(SCC(=O)NC2CCCCCCC2)nnc1-c1ccccc1F. The summed E-state index contributed by atoms with van der Waals surface area (Å²) in [6.07, 6.45) is 10.00. The predicted octanol–water partition coefficient (Wildman–Crippen LogP) is 4.59. The molecule has 1 heterocycles. The Hall–Kier alpha value is -2.15. The van der Waals surface area contributed by atoms with Crippen LogP contribution in [0.2, 0.25) is 0 Å². The van der Waals surface area contributed by atoms with Crippen LogP contribution in [0.4, 0.5) is 4.39 Å². The summed E-state index contributed by atoms with van der Waals surface area (Å²) in [5, 5.41) is 12.1. The molecule has 1 aromatic heterocycles. The fourth-order valence-corrected chi connectivity index (χ4v) is 4.29. The van der Waals surface area contributed by atoms with Crippen molar-refractivity contribution in [3.63, 3.8) is 0 Å². The van der Waals surface area contributed by atoms with Crippen LogP contribution in [0.1, 0.15) is 44.9 Å². The van der Waals surface area contributed by atoms with Crippen molar-refractivity contribution in [3.8, 4) is 11.4 Å². The molecule has 1 aliphatic rings. The highest BCUT2D eigenvalue weighted by molar-refractivity contribution is 7.99. The third-order valence-corrected chi connectivity index (χ3v) is 5.91. The van der Waals surface area contributed by atoms with Gasteiger partial charge in [0.05, 0.1) is 11.3 Å². The lowest BCUT2D eigenvalue weighted by molar-refractivity contribution is -0.119. The standard InChI is InChI=1S/C21H27FN4OS/c1-2-14-26-20(17-12-8-9-13-18(17)22)24-25-21(26)28-15-19(27)23-16-10-6-4-3-5-7-11-16/h2,8-9,12-13,16H,1,3-7,10-11,14-15H2,(H,23,27). The molecule has 1 fully saturated rings. The maximum atomic E-state index is 14.2. The number of aromatic nitrogens is 3. The molecule has 1 aromatic carbocycles. The second-order valence-electron chi connectivity index (χ2n) is 7.08. The van der Waals surface area contributed by atoms with E-state index in [1.54, 1.807) is 28.8 Å². The normalized spacial score (nSPS) is 15.6. The Bertz CT molecular complexity index is 799. The van der Waals surface area contributed by atoms with E-state index in [9.17, 15) is 9.18 Å². The van der Waals surface area contributed by atoms with E-state index in [1.165, 1.54) is 49.9 Å². The molecule has 28 heavy (non-hydrogen) atoms. The van der Waals surface area contributed by atoms with Gasteiger partial charge in [-0.2, -0.15) is 0 Å². The molecule has 1 N–H and O–H groups in total. The van der Waals surface area contributed by atoms with Gasteiger partial charge in [0.15, 0.2) is 11.0 Å². The van der Waals surface area contributed by atoms with Crippen LogP contribution in [0, 0.1) is 5.82 Å². The lowest BCUT2D eigenvalue weighted by Gasteiger charge is -2.20. The first-order chi connectivity index (χ1) is 13.7. The van der Waals surface area contributed by atoms with Gasteiger partial charge in [0.2, 0.25) is 5.91 Å². The molecule has 2 aromatic rings. The average Bonchev–Trinajstić information content (AvgIpc) is 3.05. The largest absolute Gasteiger partial charge is 0.353 e. The van der Waals surface area contributed by atoms with Crippen molar-refractivity contribution in [2.75, 3.05) is 5.75 Å². The zero-order valence-electron chi connectivity index (χ0n) is 16.1. The van der Waals surface area contributed by atoms with E-state index in [0.29, 0.717) is 23.1 Å². The van der Waals surface area contributed by atoms with E-state index in [2.05, 4.69) is 22.1 Å². The van der Waals surface area contributed by atoms with Gasteiger partial charge in [0, 0.05) is 12.6 Å². The van der Waals surface area contributed by atoms with Crippen LogP contribution >= 0.6 is 11.8 Å². The Balaban J connectivity index is 1.64. The summed E-state index contributed by atoms with van der Waals surface area (Å²) in [6, 6.07) is 6.75. The molecule has 1 aliphatic carbocycles. The van der Waals surface area contributed by atoms with Gasteiger partial charge in [-0.15, -0.1) is 16.8 Å². The van der Waals surface area contributed by atoms with Gasteiger partial charge >= 0.3 is 0 Å². The number of thioether (sulfide) groups is 1. The van der Waals surface area contributed by atoms with Crippen LogP contribution < -0.4 is 5.32 Å². The van der Waals surface area contributed by atoms with Crippen LogP contribution in [0.5, 0.6) is 0 Å². The van der Waals surface area contributed by atoms with Crippen LogP contribution in [0.15, 0.2) is 42.1 Å². The molecule has 3 rings (SSSR count). The number of halogens is 1. The monoisotopic (exact) mass is 402 g/mol. The van der Waals surface area contributed by atoms with Crippen molar-refractivity contribution in [3.05, 3.63) is 42.7 Å².